The van der Waals surface area contributed by atoms with E-state index in [1.807, 2.05) is 0 Å². The highest BCUT2D eigenvalue weighted by Gasteiger charge is 2.50. The van der Waals surface area contributed by atoms with Gasteiger partial charge in [0.05, 0.1) is 12.5 Å². The summed E-state index contributed by atoms with van der Waals surface area (Å²) in [5.74, 6) is 3.24. The summed E-state index contributed by atoms with van der Waals surface area (Å²) in [5, 5.41) is 10.4. The maximum absolute atomic E-state index is 12.4. The third-order valence-electron chi connectivity index (χ3n) is 7.46. The number of aliphatic hydroxyl groups excluding tert-OH is 1. The average Bonchev–Trinajstić information content (AvgIpc) is 3.20. The minimum Gasteiger partial charge on any atom is -0.459 e. The van der Waals surface area contributed by atoms with Crippen LogP contribution >= 0.6 is 0 Å². The lowest BCUT2D eigenvalue weighted by Crippen LogP contribution is -2.38. The zero-order valence-corrected chi connectivity index (χ0v) is 15.8. The number of rotatable bonds is 7. The number of hydrogen-bond acceptors (Lipinski definition) is 3. The van der Waals surface area contributed by atoms with Crippen molar-refractivity contribution in [2.75, 3.05) is 0 Å². The Morgan fingerprint density at radius 3 is 2.50 bits per heavy atom. The average molecular weight is 337 g/mol. The van der Waals surface area contributed by atoms with E-state index >= 15 is 0 Å². The zero-order valence-electron chi connectivity index (χ0n) is 15.8. The highest BCUT2D eigenvalue weighted by Crippen LogP contribution is 2.52. The highest BCUT2D eigenvalue weighted by atomic mass is 16.6. The van der Waals surface area contributed by atoms with Crippen molar-refractivity contribution in [3.63, 3.8) is 0 Å². The third-order valence-corrected chi connectivity index (χ3v) is 7.46. The molecule has 7 unspecified atom stereocenters. The molecule has 0 aliphatic heterocycles. The van der Waals surface area contributed by atoms with E-state index in [4.69, 9.17) is 4.74 Å². The number of aliphatic hydroxyl groups is 1. The van der Waals surface area contributed by atoms with Crippen molar-refractivity contribution in [1.29, 1.82) is 0 Å². The van der Waals surface area contributed by atoms with E-state index < -0.39 is 6.10 Å². The van der Waals surface area contributed by atoms with Crippen molar-refractivity contribution < 1.29 is 14.6 Å². The molecule has 3 nitrogen and oxygen atoms in total. The minimum absolute atomic E-state index is 0.177. The third kappa shape index (κ3) is 3.81. The molecule has 1 N–H and O–H groups in total. The molecule has 0 spiro atoms. The van der Waals surface area contributed by atoms with Gasteiger partial charge < -0.3 is 9.84 Å². The molecule has 3 aliphatic rings. The number of ether oxygens (including phenoxy) is 1. The fraction of sp³-hybridized carbons (Fsp3) is 0.952. The molecule has 0 amide bonds. The maximum Gasteiger partial charge on any atom is 0.308 e. The van der Waals surface area contributed by atoms with Crippen molar-refractivity contribution in [1.82, 2.24) is 0 Å². The first-order valence-corrected chi connectivity index (χ1v) is 10.3. The molecule has 24 heavy (non-hydrogen) atoms. The van der Waals surface area contributed by atoms with E-state index in [9.17, 15) is 9.90 Å². The second kappa shape index (κ2) is 7.35. The van der Waals surface area contributed by atoms with Crippen molar-refractivity contribution in [2.45, 2.75) is 96.7 Å². The van der Waals surface area contributed by atoms with Crippen LogP contribution in [0.2, 0.25) is 0 Å². The molecule has 3 saturated carbocycles. The Morgan fingerprint density at radius 1 is 1.17 bits per heavy atom. The van der Waals surface area contributed by atoms with Gasteiger partial charge in [0.15, 0.2) is 0 Å². The van der Waals surface area contributed by atoms with Crippen molar-refractivity contribution in [3.05, 3.63) is 0 Å². The van der Waals surface area contributed by atoms with E-state index in [0.29, 0.717) is 11.8 Å². The number of fused-ring (bicyclic) bond motifs is 2. The topological polar surface area (TPSA) is 46.5 Å². The molecule has 0 aromatic carbocycles. The van der Waals surface area contributed by atoms with Crippen LogP contribution in [-0.4, -0.2) is 22.8 Å². The normalized spacial score (nSPS) is 42.4. The summed E-state index contributed by atoms with van der Waals surface area (Å²) in [6.45, 7) is 6.63. The Balaban J connectivity index is 1.46. The van der Waals surface area contributed by atoms with Gasteiger partial charge >= 0.3 is 5.97 Å². The second-order valence-corrected chi connectivity index (χ2v) is 9.13. The fourth-order valence-corrected chi connectivity index (χ4v) is 6.07. The van der Waals surface area contributed by atoms with Gasteiger partial charge in [-0.25, -0.2) is 0 Å². The van der Waals surface area contributed by atoms with Gasteiger partial charge in [0.1, 0.15) is 5.60 Å². The van der Waals surface area contributed by atoms with Gasteiger partial charge in [0.25, 0.3) is 0 Å². The molecule has 3 rings (SSSR count). The van der Waals surface area contributed by atoms with Crippen LogP contribution in [-0.2, 0) is 9.53 Å². The number of hydrogen-bond donors (Lipinski definition) is 1. The first-order chi connectivity index (χ1) is 11.4. The van der Waals surface area contributed by atoms with Gasteiger partial charge in [-0.15, -0.1) is 0 Å². The van der Waals surface area contributed by atoms with Crippen LogP contribution in [0.4, 0.5) is 0 Å². The standard InChI is InChI=1S/C21H36O3/c1-4-14-8-16(5-2)17(9-14)11-19(22)12-20(23)24-21(3)13-15-6-7-18(21)10-15/h14-19,22H,4-13H2,1-3H3. The molecule has 0 radical (unpaired) electrons. The Kier molecular flexibility index (Phi) is 5.58. The van der Waals surface area contributed by atoms with Crippen molar-refractivity contribution >= 4 is 5.97 Å². The predicted octanol–water partition coefficient (Wildman–Crippen LogP) is 4.71. The summed E-state index contributed by atoms with van der Waals surface area (Å²) >= 11 is 0. The summed E-state index contributed by atoms with van der Waals surface area (Å²) < 4.78 is 5.86. The van der Waals surface area contributed by atoms with Crippen LogP contribution in [0.3, 0.4) is 0 Å². The van der Waals surface area contributed by atoms with Crippen molar-refractivity contribution in [2.24, 2.45) is 29.6 Å². The Morgan fingerprint density at radius 2 is 1.92 bits per heavy atom. The lowest BCUT2D eigenvalue weighted by atomic mass is 9.85. The zero-order chi connectivity index (χ0) is 17.3. The van der Waals surface area contributed by atoms with E-state index in [0.717, 1.165) is 30.6 Å². The number of esters is 1. The van der Waals surface area contributed by atoms with Gasteiger partial charge in [0, 0.05) is 0 Å². The Hall–Kier alpha value is -0.570. The smallest absolute Gasteiger partial charge is 0.308 e. The van der Waals surface area contributed by atoms with E-state index in [-0.39, 0.29) is 18.0 Å². The summed E-state index contributed by atoms with van der Waals surface area (Å²) in [4.78, 5) is 12.4. The summed E-state index contributed by atoms with van der Waals surface area (Å²) in [6, 6.07) is 0. The first kappa shape index (κ1) is 18.2. The summed E-state index contributed by atoms with van der Waals surface area (Å²) in [7, 11) is 0. The quantitative estimate of drug-likeness (QED) is 0.685. The lowest BCUT2D eigenvalue weighted by Gasteiger charge is -2.34. The first-order valence-electron chi connectivity index (χ1n) is 10.3. The molecule has 0 aromatic heterocycles. The molecule has 2 bridgehead atoms. The molecule has 138 valence electrons. The Labute approximate surface area is 147 Å². The van der Waals surface area contributed by atoms with Crippen LogP contribution in [0.5, 0.6) is 0 Å². The maximum atomic E-state index is 12.4. The van der Waals surface area contributed by atoms with Crippen LogP contribution in [0.25, 0.3) is 0 Å². The molecule has 3 aliphatic carbocycles. The van der Waals surface area contributed by atoms with Crippen LogP contribution in [0, 0.1) is 29.6 Å². The second-order valence-electron chi connectivity index (χ2n) is 9.13. The predicted molar refractivity (Wildman–Crippen MR) is 95.5 cm³/mol. The van der Waals surface area contributed by atoms with Crippen molar-refractivity contribution in [3.8, 4) is 0 Å². The van der Waals surface area contributed by atoms with E-state index in [1.54, 1.807) is 0 Å². The molecular formula is C21H36O3. The monoisotopic (exact) mass is 336 g/mol. The number of carbonyl (C=O) groups excluding carboxylic acids is 1. The summed E-state index contributed by atoms with van der Waals surface area (Å²) in [6.07, 6.45) is 10.1. The molecule has 0 aromatic rings. The SMILES string of the molecule is CCC1CC(CC)C(CC(O)CC(=O)OC2(C)CC3CCC2C3)C1. The molecule has 3 fully saturated rings. The number of carbonyl (C=O) groups is 1. The summed E-state index contributed by atoms with van der Waals surface area (Å²) in [5.41, 5.74) is -0.258. The molecule has 3 heteroatoms. The molecule has 0 heterocycles. The molecule has 7 atom stereocenters. The van der Waals surface area contributed by atoms with Crippen LogP contribution in [0.1, 0.15) is 85.0 Å². The van der Waals surface area contributed by atoms with E-state index in [2.05, 4.69) is 20.8 Å². The van der Waals surface area contributed by atoms with Crippen LogP contribution < -0.4 is 0 Å². The molecule has 0 saturated heterocycles. The Bertz CT molecular complexity index is 448. The van der Waals surface area contributed by atoms with E-state index in [1.165, 1.54) is 44.9 Å². The van der Waals surface area contributed by atoms with Gasteiger partial charge in [0.2, 0.25) is 0 Å². The highest BCUT2D eigenvalue weighted by molar-refractivity contribution is 5.70. The van der Waals surface area contributed by atoms with Gasteiger partial charge in [-0.3, -0.25) is 4.79 Å². The van der Waals surface area contributed by atoms with Gasteiger partial charge in [-0.1, -0.05) is 26.7 Å². The minimum atomic E-state index is -0.533. The van der Waals surface area contributed by atoms with Gasteiger partial charge in [-0.2, -0.15) is 0 Å². The fourth-order valence-electron chi connectivity index (χ4n) is 6.07. The van der Waals surface area contributed by atoms with Crippen LogP contribution in [0.15, 0.2) is 0 Å². The van der Waals surface area contributed by atoms with Gasteiger partial charge in [-0.05, 0) is 81.5 Å². The largest absolute Gasteiger partial charge is 0.459 e. The lowest BCUT2D eigenvalue weighted by molar-refractivity contribution is -0.165. The molecular weight excluding hydrogens is 300 g/mol.